The minimum atomic E-state index is -3.63. The number of carbonyl (C=O) groups is 1. The highest BCUT2D eigenvalue weighted by molar-refractivity contribution is 7.92. The Morgan fingerprint density at radius 1 is 1.03 bits per heavy atom. The second kappa shape index (κ2) is 9.73. The predicted molar refractivity (Wildman–Crippen MR) is 127 cm³/mol. The van der Waals surface area contributed by atoms with Crippen molar-refractivity contribution in [3.05, 3.63) is 59.2 Å². The molecule has 0 aliphatic carbocycles. The van der Waals surface area contributed by atoms with Crippen LogP contribution in [0.3, 0.4) is 0 Å². The molecule has 1 aliphatic rings. The molecule has 2 aromatic carbocycles. The first-order valence-corrected chi connectivity index (χ1v) is 12.7. The molecule has 0 unspecified atom stereocenters. The maximum atomic E-state index is 12.8. The molecule has 0 radical (unpaired) electrons. The Bertz CT molecular complexity index is 1010. The number of benzene rings is 2. The predicted octanol–water partition coefficient (Wildman–Crippen LogP) is 3.76. The Morgan fingerprint density at radius 3 is 2.26 bits per heavy atom. The molecule has 7 heteroatoms. The van der Waals surface area contributed by atoms with Crippen molar-refractivity contribution in [2.45, 2.75) is 52.6 Å². The maximum absolute atomic E-state index is 12.8. The number of carbonyl (C=O) groups excluding carboxylic acids is 1. The van der Waals surface area contributed by atoms with Gasteiger partial charge >= 0.3 is 0 Å². The van der Waals surface area contributed by atoms with Gasteiger partial charge in [0.25, 0.3) is 0 Å². The highest BCUT2D eigenvalue weighted by Gasteiger charge is 2.29. The number of aryl methyl sites for hydroxylation is 2. The molecule has 31 heavy (non-hydrogen) atoms. The van der Waals surface area contributed by atoms with Gasteiger partial charge in [-0.25, -0.2) is 8.42 Å². The maximum Gasteiger partial charge on any atom is 0.243 e. The van der Waals surface area contributed by atoms with Crippen molar-refractivity contribution in [2.75, 3.05) is 28.6 Å². The summed E-state index contributed by atoms with van der Waals surface area (Å²) in [4.78, 5) is 15.2. The van der Waals surface area contributed by atoms with Gasteiger partial charge in [0, 0.05) is 25.3 Å². The van der Waals surface area contributed by atoms with E-state index in [1.54, 1.807) is 19.1 Å². The number of piperidine rings is 1. The molecule has 1 fully saturated rings. The molecule has 1 atom stereocenters. The van der Waals surface area contributed by atoms with Gasteiger partial charge in [0.2, 0.25) is 15.9 Å². The lowest BCUT2D eigenvalue weighted by atomic mass is 10.1. The monoisotopic (exact) mass is 443 g/mol. The number of hydrogen-bond donors (Lipinski definition) is 1. The minimum absolute atomic E-state index is 0.330. The molecule has 0 bridgehead atoms. The summed E-state index contributed by atoms with van der Waals surface area (Å²) < 4.78 is 26.1. The molecule has 1 aliphatic heterocycles. The first-order valence-electron chi connectivity index (χ1n) is 10.8. The molecular weight excluding hydrogens is 410 g/mol. The van der Waals surface area contributed by atoms with E-state index in [1.165, 1.54) is 29.3 Å². The molecular formula is C24H33N3O3S. The van der Waals surface area contributed by atoms with Crippen LogP contribution in [0.25, 0.3) is 0 Å². The van der Waals surface area contributed by atoms with Gasteiger partial charge < -0.3 is 10.2 Å². The summed E-state index contributed by atoms with van der Waals surface area (Å²) in [5, 5.41) is 2.89. The van der Waals surface area contributed by atoms with Gasteiger partial charge in [0.05, 0.1) is 11.9 Å². The summed E-state index contributed by atoms with van der Waals surface area (Å²) in [6, 6.07) is 12.8. The Balaban J connectivity index is 1.67. The van der Waals surface area contributed by atoms with E-state index in [1.807, 2.05) is 32.0 Å². The standard InChI is InChI=1S/C24H33N3O3S/c1-18-8-11-23(16-19(18)2)27(31(4,29)30)20(3)24(28)25-17-21-9-12-22(13-10-21)26-14-6-5-7-15-26/h8-13,16,20H,5-7,14-15,17H2,1-4H3,(H,25,28)/t20-/m1/s1. The second-order valence-electron chi connectivity index (χ2n) is 8.44. The zero-order chi connectivity index (χ0) is 22.6. The van der Waals surface area contributed by atoms with Gasteiger partial charge in [-0.1, -0.05) is 18.2 Å². The molecule has 1 amide bonds. The van der Waals surface area contributed by atoms with E-state index < -0.39 is 16.1 Å². The lowest BCUT2D eigenvalue weighted by Gasteiger charge is -2.29. The fourth-order valence-corrected chi connectivity index (χ4v) is 5.15. The van der Waals surface area contributed by atoms with Gasteiger partial charge in [-0.15, -0.1) is 0 Å². The van der Waals surface area contributed by atoms with Crippen LogP contribution >= 0.6 is 0 Å². The van der Waals surface area contributed by atoms with Gasteiger partial charge in [-0.3, -0.25) is 9.10 Å². The average molecular weight is 444 g/mol. The average Bonchev–Trinajstić information content (AvgIpc) is 2.74. The summed E-state index contributed by atoms with van der Waals surface area (Å²) in [7, 11) is -3.63. The van der Waals surface area contributed by atoms with Gasteiger partial charge in [-0.05, 0) is 81.0 Å². The molecule has 6 nitrogen and oxygen atoms in total. The normalized spacial score (nSPS) is 15.4. The van der Waals surface area contributed by atoms with Crippen molar-refractivity contribution in [3.8, 4) is 0 Å². The van der Waals surface area contributed by atoms with E-state index in [4.69, 9.17) is 0 Å². The Hall–Kier alpha value is -2.54. The molecule has 1 N–H and O–H groups in total. The fourth-order valence-electron chi connectivity index (χ4n) is 3.99. The Morgan fingerprint density at radius 2 is 1.68 bits per heavy atom. The van der Waals surface area contributed by atoms with Gasteiger partial charge in [0.15, 0.2) is 0 Å². The number of amides is 1. The lowest BCUT2D eigenvalue weighted by molar-refractivity contribution is -0.122. The summed E-state index contributed by atoms with van der Waals surface area (Å²) in [5.41, 5.74) is 4.74. The summed E-state index contributed by atoms with van der Waals surface area (Å²) in [6.07, 6.45) is 4.89. The Labute approximate surface area is 186 Å². The van der Waals surface area contributed by atoms with Crippen LogP contribution in [0.2, 0.25) is 0 Å². The van der Waals surface area contributed by atoms with Crippen molar-refractivity contribution in [3.63, 3.8) is 0 Å². The molecule has 3 rings (SSSR count). The highest BCUT2D eigenvalue weighted by Crippen LogP contribution is 2.24. The van der Waals surface area contributed by atoms with Crippen molar-refractivity contribution in [1.82, 2.24) is 5.32 Å². The summed E-state index contributed by atoms with van der Waals surface area (Å²) in [6.45, 7) is 8.05. The van der Waals surface area contributed by atoms with E-state index in [-0.39, 0.29) is 5.91 Å². The first-order chi connectivity index (χ1) is 14.7. The SMILES string of the molecule is Cc1ccc(N([C@H](C)C(=O)NCc2ccc(N3CCCCC3)cc2)S(C)(=O)=O)cc1C. The number of hydrogen-bond acceptors (Lipinski definition) is 4. The number of anilines is 2. The van der Waals surface area contributed by atoms with Gasteiger partial charge in [-0.2, -0.15) is 0 Å². The van der Waals surface area contributed by atoms with Crippen molar-refractivity contribution in [2.24, 2.45) is 0 Å². The topological polar surface area (TPSA) is 69.7 Å². The second-order valence-corrected chi connectivity index (χ2v) is 10.3. The molecule has 1 heterocycles. The summed E-state index contributed by atoms with van der Waals surface area (Å²) in [5.74, 6) is -0.330. The van der Waals surface area contributed by atoms with E-state index >= 15 is 0 Å². The third kappa shape index (κ3) is 5.79. The van der Waals surface area contributed by atoms with Crippen LogP contribution in [0, 0.1) is 13.8 Å². The zero-order valence-corrected chi connectivity index (χ0v) is 19.7. The zero-order valence-electron chi connectivity index (χ0n) is 18.9. The van der Waals surface area contributed by atoms with Crippen molar-refractivity contribution < 1.29 is 13.2 Å². The molecule has 168 valence electrons. The molecule has 0 aromatic heterocycles. The van der Waals surface area contributed by atoms with Crippen LogP contribution < -0.4 is 14.5 Å². The van der Waals surface area contributed by atoms with E-state index in [0.29, 0.717) is 12.2 Å². The van der Waals surface area contributed by atoms with E-state index in [9.17, 15) is 13.2 Å². The lowest BCUT2D eigenvalue weighted by Crippen LogP contribution is -2.47. The smallest absolute Gasteiger partial charge is 0.243 e. The minimum Gasteiger partial charge on any atom is -0.372 e. The quantitative estimate of drug-likeness (QED) is 0.707. The third-order valence-corrected chi connectivity index (χ3v) is 7.20. The molecule has 1 saturated heterocycles. The van der Waals surface area contributed by atoms with Crippen LogP contribution in [-0.2, 0) is 21.4 Å². The van der Waals surface area contributed by atoms with Crippen LogP contribution in [0.5, 0.6) is 0 Å². The van der Waals surface area contributed by atoms with Crippen LogP contribution in [0.15, 0.2) is 42.5 Å². The number of nitrogens with one attached hydrogen (secondary N) is 1. The molecule has 2 aromatic rings. The largest absolute Gasteiger partial charge is 0.372 e. The third-order valence-electron chi connectivity index (χ3n) is 5.96. The Kier molecular flexibility index (Phi) is 7.26. The fraction of sp³-hybridized carbons (Fsp3) is 0.458. The highest BCUT2D eigenvalue weighted by atomic mass is 32.2. The van der Waals surface area contributed by atoms with Crippen LogP contribution in [0.4, 0.5) is 11.4 Å². The molecule has 0 saturated carbocycles. The molecule has 0 spiro atoms. The number of nitrogens with zero attached hydrogens (tertiary/aromatic N) is 2. The summed E-state index contributed by atoms with van der Waals surface area (Å²) >= 11 is 0. The number of sulfonamides is 1. The van der Waals surface area contributed by atoms with Crippen LogP contribution in [0.1, 0.15) is 42.9 Å². The van der Waals surface area contributed by atoms with Gasteiger partial charge in [0.1, 0.15) is 6.04 Å². The first kappa shape index (κ1) is 23.1. The van der Waals surface area contributed by atoms with E-state index in [2.05, 4.69) is 22.3 Å². The van der Waals surface area contributed by atoms with Crippen molar-refractivity contribution >= 4 is 27.3 Å². The van der Waals surface area contributed by atoms with Crippen molar-refractivity contribution in [1.29, 1.82) is 0 Å². The van der Waals surface area contributed by atoms with E-state index in [0.717, 1.165) is 36.0 Å². The van der Waals surface area contributed by atoms with Crippen LogP contribution in [-0.4, -0.2) is 39.7 Å². The number of rotatable bonds is 7.